The zero-order valence-electron chi connectivity index (χ0n) is 18.0. The minimum atomic E-state index is -0.232. The molecule has 0 aliphatic rings. The summed E-state index contributed by atoms with van der Waals surface area (Å²) in [6.45, 7) is 1.20. The first-order valence-electron chi connectivity index (χ1n) is 10.6. The number of rotatable bonds is 10. The Morgan fingerprint density at radius 1 is 0.545 bits per heavy atom. The van der Waals surface area contributed by atoms with Gasteiger partial charge in [-0.1, -0.05) is 36.4 Å². The Bertz CT molecular complexity index is 1040. The molecule has 33 heavy (non-hydrogen) atoms. The molecule has 0 spiro atoms. The third kappa shape index (κ3) is 7.29. The van der Waals surface area contributed by atoms with Crippen LogP contribution in [-0.2, 0) is 24.6 Å². The number of hydrogen-bond acceptors (Lipinski definition) is 5. The van der Waals surface area contributed by atoms with Crippen molar-refractivity contribution in [3.63, 3.8) is 0 Å². The minimum absolute atomic E-state index is 0.232. The van der Waals surface area contributed by atoms with Crippen molar-refractivity contribution in [2.75, 3.05) is 10.6 Å². The highest BCUT2D eigenvalue weighted by atomic mass is 32.2. The molecule has 2 aromatic carbocycles. The van der Waals surface area contributed by atoms with Crippen LogP contribution in [-0.4, -0.2) is 9.97 Å². The van der Waals surface area contributed by atoms with Gasteiger partial charge < -0.3 is 10.6 Å². The fraction of sp³-hybridized carbons (Fsp3) is 0.154. The molecular weight excluding hydrogens is 438 g/mol. The summed E-state index contributed by atoms with van der Waals surface area (Å²) in [6, 6.07) is 20.9. The molecular formula is C26H24F2N4S. The van der Waals surface area contributed by atoms with Crippen molar-refractivity contribution in [1.82, 2.24) is 9.97 Å². The van der Waals surface area contributed by atoms with Crippen molar-refractivity contribution < 1.29 is 8.78 Å². The molecule has 2 N–H and O–H groups in total. The van der Waals surface area contributed by atoms with E-state index in [0.717, 1.165) is 45.4 Å². The largest absolute Gasteiger partial charge is 0.366 e. The fourth-order valence-electron chi connectivity index (χ4n) is 3.11. The van der Waals surface area contributed by atoms with Gasteiger partial charge in [-0.15, -0.1) is 0 Å². The summed E-state index contributed by atoms with van der Waals surface area (Å²) in [4.78, 5) is 8.92. The Balaban J connectivity index is 1.18. The topological polar surface area (TPSA) is 49.8 Å². The smallest absolute Gasteiger partial charge is 0.126 e. The van der Waals surface area contributed by atoms with E-state index in [1.807, 2.05) is 24.5 Å². The van der Waals surface area contributed by atoms with E-state index >= 15 is 0 Å². The van der Waals surface area contributed by atoms with Crippen LogP contribution < -0.4 is 10.6 Å². The summed E-state index contributed by atoms with van der Waals surface area (Å²) < 4.78 is 25.9. The predicted octanol–water partition coefficient (Wildman–Crippen LogP) is 6.41. The van der Waals surface area contributed by atoms with Gasteiger partial charge in [0.25, 0.3) is 0 Å². The molecule has 0 saturated carbocycles. The van der Waals surface area contributed by atoms with Crippen LogP contribution in [0, 0.1) is 11.6 Å². The molecule has 2 heterocycles. The van der Waals surface area contributed by atoms with Crippen molar-refractivity contribution >= 4 is 23.4 Å². The van der Waals surface area contributed by atoms with Crippen LogP contribution in [0.25, 0.3) is 0 Å². The zero-order chi connectivity index (χ0) is 22.9. The third-order valence-corrected chi connectivity index (χ3v) is 6.04. The van der Waals surface area contributed by atoms with E-state index in [4.69, 9.17) is 0 Å². The molecule has 0 fully saturated rings. The number of pyridine rings is 2. The van der Waals surface area contributed by atoms with Crippen LogP contribution in [0.2, 0.25) is 0 Å². The Kier molecular flexibility index (Phi) is 7.87. The third-order valence-electron chi connectivity index (χ3n) is 4.96. The van der Waals surface area contributed by atoms with Gasteiger partial charge in [-0.3, -0.25) is 0 Å². The molecule has 0 atom stereocenters. The lowest BCUT2D eigenvalue weighted by molar-refractivity contribution is 0.626. The normalized spacial score (nSPS) is 10.7. The summed E-state index contributed by atoms with van der Waals surface area (Å²) in [7, 11) is 0. The van der Waals surface area contributed by atoms with Crippen LogP contribution in [0.4, 0.5) is 20.4 Å². The first-order chi connectivity index (χ1) is 16.1. The number of nitrogens with one attached hydrogen (secondary N) is 2. The molecule has 2 aromatic heterocycles. The summed E-state index contributed by atoms with van der Waals surface area (Å²) in [5.74, 6) is 2.83. The minimum Gasteiger partial charge on any atom is -0.366 e. The van der Waals surface area contributed by atoms with Crippen LogP contribution in [0.3, 0.4) is 0 Å². The van der Waals surface area contributed by atoms with Crippen molar-refractivity contribution in [3.05, 3.63) is 119 Å². The van der Waals surface area contributed by atoms with Gasteiger partial charge in [0.15, 0.2) is 0 Å². The Hall–Kier alpha value is -3.45. The van der Waals surface area contributed by atoms with Gasteiger partial charge in [0.05, 0.1) is 0 Å². The quantitative estimate of drug-likeness (QED) is 0.285. The molecule has 168 valence electrons. The first kappa shape index (κ1) is 22.7. The molecule has 0 bridgehead atoms. The highest BCUT2D eigenvalue weighted by molar-refractivity contribution is 7.97. The molecule has 7 heteroatoms. The highest BCUT2D eigenvalue weighted by Crippen LogP contribution is 2.19. The van der Waals surface area contributed by atoms with Crippen LogP contribution in [0.5, 0.6) is 0 Å². The first-order valence-corrected chi connectivity index (χ1v) is 11.7. The maximum absolute atomic E-state index is 13.0. The Labute approximate surface area is 196 Å². The van der Waals surface area contributed by atoms with Gasteiger partial charge in [0.1, 0.15) is 23.3 Å². The monoisotopic (exact) mass is 462 g/mol. The van der Waals surface area contributed by atoms with E-state index in [1.54, 1.807) is 36.0 Å². The van der Waals surface area contributed by atoms with Gasteiger partial charge in [0.2, 0.25) is 0 Å². The number of thioether (sulfide) groups is 1. The number of halogens is 2. The number of anilines is 2. The van der Waals surface area contributed by atoms with E-state index < -0.39 is 0 Å². The lowest BCUT2D eigenvalue weighted by atomic mass is 10.2. The van der Waals surface area contributed by atoms with E-state index in [2.05, 4.69) is 32.7 Å². The van der Waals surface area contributed by atoms with Crippen molar-refractivity contribution in [3.8, 4) is 0 Å². The predicted molar refractivity (Wildman–Crippen MR) is 131 cm³/mol. The molecule has 0 unspecified atom stereocenters. The standard InChI is InChI=1S/C26H24F2N4S/c27-23-7-1-19(2-8-23)13-29-25-11-5-21(15-31-25)17-33-18-22-6-12-26(32-16-22)30-14-20-3-9-24(28)10-4-20/h1-12,15-16H,13-14,17-18H2,(H,29,31)(H,30,32). The molecule has 0 amide bonds. The van der Waals surface area contributed by atoms with E-state index in [9.17, 15) is 8.78 Å². The van der Waals surface area contributed by atoms with Gasteiger partial charge in [-0.05, 0) is 58.7 Å². The molecule has 4 aromatic rings. The molecule has 4 nitrogen and oxygen atoms in total. The van der Waals surface area contributed by atoms with Gasteiger partial charge >= 0.3 is 0 Å². The summed E-state index contributed by atoms with van der Waals surface area (Å²) in [5.41, 5.74) is 4.31. The Morgan fingerprint density at radius 2 is 0.939 bits per heavy atom. The number of nitrogens with zero attached hydrogens (tertiary/aromatic N) is 2. The molecule has 0 radical (unpaired) electrons. The van der Waals surface area contributed by atoms with Crippen LogP contribution in [0.1, 0.15) is 22.3 Å². The maximum Gasteiger partial charge on any atom is 0.126 e. The van der Waals surface area contributed by atoms with E-state index in [-0.39, 0.29) is 11.6 Å². The van der Waals surface area contributed by atoms with Gasteiger partial charge in [-0.25, -0.2) is 18.7 Å². The van der Waals surface area contributed by atoms with Crippen molar-refractivity contribution in [2.45, 2.75) is 24.6 Å². The molecule has 0 aliphatic carbocycles. The van der Waals surface area contributed by atoms with Crippen LogP contribution >= 0.6 is 11.8 Å². The summed E-state index contributed by atoms with van der Waals surface area (Å²) in [5, 5.41) is 6.49. The summed E-state index contributed by atoms with van der Waals surface area (Å²) in [6.07, 6.45) is 3.75. The lowest BCUT2D eigenvalue weighted by Gasteiger charge is -2.08. The second kappa shape index (κ2) is 11.4. The average Bonchev–Trinajstić information content (AvgIpc) is 2.85. The maximum atomic E-state index is 13.0. The number of aromatic nitrogens is 2. The average molecular weight is 463 g/mol. The molecule has 0 saturated heterocycles. The second-order valence-corrected chi connectivity index (χ2v) is 8.54. The fourth-order valence-corrected chi connectivity index (χ4v) is 4.02. The van der Waals surface area contributed by atoms with Crippen molar-refractivity contribution in [1.29, 1.82) is 0 Å². The van der Waals surface area contributed by atoms with Crippen LogP contribution in [0.15, 0.2) is 85.2 Å². The number of hydrogen-bond donors (Lipinski definition) is 2. The molecule has 0 aliphatic heterocycles. The van der Waals surface area contributed by atoms with Gasteiger partial charge in [-0.2, -0.15) is 11.8 Å². The van der Waals surface area contributed by atoms with Gasteiger partial charge in [0, 0.05) is 37.0 Å². The second-order valence-electron chi connectivity index (χ2n) is 7.56. The van der Waals surface area contributed by atoms with Crippen molar-refractivity contribution in [2.24, 2.45) is 0 Å². The SMILES string of the molecule is Fc1ccc(CNc2ccc(CSCc3ccc(NCc4ccc(F)cc4)nc3)cn2)cc1. The van der Waals surface area contributed by atoms with E-state index in [0.29, 0.717) is 13.1 Å². The lowest BCUT2D eigenvalue weighted by Crippen LogP contribution is -2.01. The number of benzene rings is 2. The zero-order valence-corrected chi connectivity index (χ0v) is 18.8. The Morgan fingerprint density at radius 3 is 1.30 bits per heavy atom. The molecule has 4 rings (SSSR count). The highest BCUT2D eigenvalue weighted by Gasteiger charge is 2.01. The van der Waals surface area contributed by atoms with E-state index in [1.165, 1.54) is 24.3 Å². The summed E-state index contributed by atoms with van der Waals surface area (Å²) >= 11 is 1.80.